The molecule has 1 aromatic carbocycles. The van der Waals surface area contributed by atoms with Crippen LogP contribution in [0, 0.1) is 11.8 Å². The summed E-state index contributed by atoms with van der Waals surface area (Å²) in [6, 6.07) is 3.56. The van der Waals surface area contributed by atoms with Crippen molar-refractivity contribution in [2.45, 2.75) is 13.5 Å². The minimum atomic E-state index is -0.00325. The third-order valence-electron chi connectivity index (χ3n) is 4.19. The second kappa shape index (κ2) is 7.35. The highest BCUT2D eigenvalue weighted by atomic mass is 16.5. The van der Waals surface area contributed by atoms with Gasteiger partial charge in [0.05, 0.1) is 33.4 Å². The van der Waals surface area contributed by atoms with Gasteiger partial charge in [0.15, 0.2) is 0 Å². The maximum Gasteiger partial charge on any atom is 0.223 e. The molecule has 1 aliphatic heterocycles. The predicted molar refractivity (Wildman–Crippen MR) is 83.5 cm³/mol. The topological polar surface area (TPSA) is 68.8 Å². The lowest BCUT2D eigenvalue weighted by Crippen LogP contribution is -2.49. The molecule has 0 aliphatic carbocycles. The monoisotopic (exact) mass is 308 g/mol. The molecule has 2 rings (SSSR count). The van der Waals surface area contributed by atoms with E-state index in [1.165, 1.54) is 0 Å². The van der Waals surface area contributed by atoms with Crippen molar-refractivity contribution in [3.63, 3.8) is 0 Å². The number of carbonyl (C=O) groups is 1. The van der Waals surface area contributed by atoms with Gasteiger partial charge in [0, 0.05) is 18.1 Å². The molecule has 0 radical (unpaired) electrons. The molecule has 1 saturated heterocycles. The summed E-state index contributed by atoms with van der Waals surface area (Å²) in [5.74, 6) is 2.38. The third kappa shape index (κ3) is 3.44. The van der Waals surface area contributed by atoms with Crippen molar-refractivity contribution in [2.75, 3.05) is 34.4 Å². The van der Waals surface area contributed by atoms with Gasteiger partial charge in [-0.2, -0.15) is 0 Å². The van der Waals surface area contributed by atoms with E-state index in [4.69, 9.17) is 14.2 Å². The first kappa shape index (κ1) is 16.4. The normalized spacial score (nSPS) is 15.6. The minimum absolute atomic E-state index is 0.00325. The number of hydrogen-bond donors (Lipinski definition) is 2. The first-order valence-corrected chi connectivity index (χ1v) is 7.38. The van der Waals surface area contributed by atoms with Crippen LogP contribution in [0.5, 0.6) is 17.2 Å². The van der Waals surface area contributed by atoms with Gasteiger partial charge in [-0.1, -0.05) is 6.92 Å². The van der Waals surface area contributed by atoms with Gasteiger partial charge in [-0.15, -0.1) is 0 Å². The van der Waals surface area contributed by atoms with Gasteiger partial charge in [-0.3, -0.25) is 4.79 Å². The summed E-state index contributed by atoms with van der Waals surface area (Å²) in [5.41, 5.74) is 0.804. The van der Waals surface area contributed by atoms with Crippen molar-refractivity contribution in [3.05, 3.63) is 17.7 Å². The molecule has 1 heterocycles. The molecule has 1 atom stereocenters. The summed E-state index contributed by atoms with van der Waals surface area (Å²) >= 11 is 0. The standard InChI is InChI=1S/C16H24N2O4/c1-10(11-7-17-8-11)16(19)18-9-13-14(21-3)5-12(20-2)6-15(13)22-4/h5-6,10-11,17H,7-9H2,1-4H3,(H,18,19). The summed E-state index contributed by atoms with van der Waals surface area (Å²) < 4.78 is 16.0. The second-order valence-electron chi connectivity index (χ2n) is 5.44. The average molecular weight is 308 g/mol. The fraction of sp³-hybridized carbons (Fsp3) is 0.562. The van der Waals surface area contributed by atoms with Crippen molar-refractivity contribution in [2.24, 2.45) is 11.8 Å². The lowest BCUT2D eigenvalue weighted by Gasteiger charge is -2.31. The fourth-order valence-corrected chi connectivity index (χ4v) is 2.47. The van der Waals surface area contributed by atoms with E-state index in [0.717, 1.165) is 18.7 Å². The zero-order valence-corrected chi connectivity index (χ0v) is 13.6. The summed E-state index contributed by atoms with van der Waals surface area (Å²) in [6.45, 7) is 4.14. The second-order valence-corrected chi connectivity index (χ2v) is 5.44. The zero-order valence-electron chi connectivity index (χ0n) is 13.6. The van der Waals surface area contributed by atoms with Crippen LogP contribution in [0.15, 0.2) is 12.1 Å². The van der Waals surface area contributed by atoms with Gasteiger partial charge >= 0.3 is 0 Å². The van der Waals surface area contributed by atoms with Crippen molar-refractivity contribution in [1.29, 1.82) is 0 Å². The summed E-state index contributed by atoms with van der Waals surface area (Å²) in [7, 11) is 4.76. The molecule has 1 aliphatic rings. The number of hydrogen-bond acceptors (Lipinski definition) is 5. The van der Waals surface area contributed by atoms with Crippen LogP contribution in [0.4, 0.5) is 0 Å². The largest absolute Gasteiger partial charge is 0.496 e. The van der Waals surface area contributed by atoms with Crippen molar-refractivity contribution in [1.82, 2.24) is 10.6 Å². The maximum atomic E-state index is 12.2. The highest BCUT2D eigenvalue weighted by Crippen LogP contribution is 2.34. The van der Waals surface area contributed by atoms with Gasteiger partial charge < -0.3 is 24.8 Å². The molecule has 22 heavy (non-hydrogen) atoms. The van der Waals surface area contributed by atoms with E-state index in [1.54, 1.807) is 33.5 Å². The zero-order chi connectivity index (χ0) is 16.1. The van der Waals surface area contributed by atoms with E-state index in [9.17, 15) is 4.79 Å². The van der Waals surface area contributed by atoms with Gasteiger partial charge in [-0.25, -0.2) is 0 Å². The molecule has 6 heteroatoms. The Labute approximate surface area is 131 Å². The van der Waals surface area contributed by atoms with Crippen LogP contribution in [0.25, 0.3) is 0 Å². The van der Waals surface area contributed by atoms with Crippen molar-refractivity contribution < 1.29 is 19.0 Å². The Bertz CT molecular complexity index is 504. The molecular formula is C16H24N2O4. The lowest BCUT2D eigenvalue weighted by atomic mass is 9.88. The van der Waals surface area contributed by atoms with E-state index < -0.39 is 0 Å². The number of benzene rings is 1. The highest BCUT2D eigenvalue weighted by molar-refractivity contribution is 5.79. The van der Waals surface area contributed by atoms with E-state index >= 15 is 0 Å². The van der Waals surface area contributed by atoms with Gasteiger partial charge in [0.25, 0.3) is 0 Å². The van der Waals surface area contributed by atoms with Crippen LogP contribution in [-0.2, 0) is 11.3 Å². The van der Waals surface area contributed by atoms with Crippen molar-refractivity contribution in [3.8, 4) is 17.2 Å². The Morgan fingerprint density at radius 1 is 1.23 bits per heavy atom. The van der Waals surface area contributed by atoms with Crippen molar-refractivity contribution >= 4 is 5.91 Å². The molecule has 1 amide bonds. The Kier molecular flexibility index (Phi) is 5.49. The fourth-order valence-electron chi connectivity index (χ4n) is 2.47. The Morgan fingerprint density at radius 3 is 2.23 bits per heavy atom. The average Bonchev–Trinajstić information content (AvgIpc) is 2.49. The third-order valence-corrected chi connectivity index (χ3v) is 4.19. The molecule has 0 bridgehead atoms. The van der Waals surface area contributed by atoms with Gasteiger partial charge in [-0.05, 0) is 19.0 Å². The quantitative estimate of drug-likeness (QED) is 0.792. The van der Waals surface area contributed by atoms with Crippen LogP contribution < -0.4 is 24.8 Å². The molecule has 1 aromatic rings. The molecule has 0 saturated carbocycles. The van der Waals surface area contributed by atoms with Crippen LogP contribution in [0.1, 0.15) is 12.5 Å². The van der Waals surface area contributed by atoms with Crippen LogP contribution in [0.3, 0.4) is 0 Å². The molecule has 6 nitrogen and oxygen atoms in total. The molecule has 0 aromatic heterocycles. The summed E-state index contributed by atoms with van der Waals surface area (Å²) in [6.07, 6.45) is 0. The number of amides is 1. The number of nitrogens with one attached hydrogen (secondary N) is 2. The number of ether oxygens (including phenoxy) is 3. The number of carbonyl (C=O) groups excluding carboxylic acids is 1. The van der Waals surface area contributed by atoms with Crippen LogP contribution >= 0.6 is 0 Å². The smallest absolute Gasteiger partial charge is 0.223 e. The minimum Gasteiger partial charge on any atom is -0.496 e. The molecule has 1 unspecified atom stereocenters. The number of methoxy groups -OCH3 is 3. The Hall–Kier alpha value is -1.95. The molecule has 122 valence electrons. The summed E-state index contributed by atoms with van der Waals surface area (Å²) in [5, 5.41) is 6.15. The molecule has 1 fully saturated rings. The summed E-state index contributed by atoms with van der Waals surface area (Å²) in [4.78, 5) is 12.2. The molecule has 0 spiro atoms. The van der Waals surface area contributed by atoms with Gasteiger partial charge in [0.1, 0.15) is 17.2 Å². The SMILES string of the molecule is COc1cc(OC)c(CNC(=O)C(C)C2CNC2)c(OC)c1. The maximum absolute atomic E-state index is 12.2. The number of rotatable bonds is 7. The van der Waals surface area contributed by atoms with Crippen LogP contribution in [0.2, 0.25) is 0 Å². The lowest BCUT2D eigenvalue weighted by molar-refractivity contribution is -0.126. The van der Waals surface area contributed by atoms with E-state index in [1.807, 2.05) is 6.92 Å². The first-order valence-electron chi connectivity index (χ1n) is 7.38. The van der Waals surface area contributed by atoms with E-state index in [0.29, 0.717) is 29.7 Å². The first-order chi connectivity index (χ1) is 10.6. The molecular weight excluding hydrogens is 284 g/mol. The predicted octanol–water partition coefficient (Wildman–Crippen LogP) is 1.18. The highest BCUT2D eigenvalue weighted by Gasteiger charge is 2.28. The van der Waals surface area contributed by atoms with Crippen LogP contribution in [-0.4, -0.2) is 40.3 Å². The Morgan fingerprint density at radius 2 is 1.82 bits per heavy atom. The molecule has 2 N–H and O–H groups in total. The van der Waals surface area contributed by atoms with E-state index in [2.05, 4.69) is 10.6 Å². The van der Waals surface area contributed by atoms with E-state index in [-0.39, 0.29) is 11.8 Å². The van der Waals surface area contributed by atoms with Gasteiger partial charge in [0.2, 0.25) is 5.91 Å². The Balaban J connectivity index is 2.09.